The third-order valence-electron chi connectivity index (χ3n) is 4.13. The summed E-state index contributed by atoms with van der Waals surface area (Å²) in [6.45, 7) is 1.90. The molecule has 1 saturated carbocycles. The molecule has 3 amide bonds. The highest BCUT2D eigenvalue weighted by Gasteiger charge is 2.36. The van der Waals surface area contributed by atoms with Gasteiger partial charge in [0.25, 0.3) is 0 Å². The van der Waals surface area contributed by atoms with E-state index < -0.39 is 0 Å². The van der Waals surface area contributed by atoms with Gasteiger partial charge in [-0.1, -0.05) is 12.1 Å². The van der Waals surface area contributed by atoms with E-state index in [0.717, 1.165) is 18.4 Å². The van der Waals surface area contributed by atoms with E-state index in [1.165, 1.54) is 0 Å². The van der Waals surface area contributed by atoms with Gasteiger partial charge in [0.1, 0.15) is 12.3 Å². The number of aromatic hydroxyl groups is 1. The Morgan fingerprint density at radius 1 is 1.32 bits per heavy atom. The second-order valence-electron chi connectivity index (χ2n) is 5.89. The normalized spacial score (nSPS) is 18.5. The Kier molecular flexibility index (Phi) is 4.18. The molecule has 1 aromatic carbocycles. The number of carbonyl (C=O) groups excluding carboxylic acids is 2. The van der Waals surface area contributed by atoms with Crippen molar-refractivity contribution in [2.24, 2.45) is 0 Å². The monoisotopic (exact) mass is 303 g/mol. The summed E-state index contributed by atoms with van der Waals surface area (Å²) in [6, 6.07) is 7.22. The Labute approximate surface area is 129 Å². The predicted octanol–water partition coefficient (Wildman–Crippen LogP) is 0.951. The van der Waals surface area contributed by atoms with E-state index in [0.29, 0.717) is 32.1 Å². The van der Waals surface area contributed by atoms with Gasteiger partial charge >= 0.3 is 6.03 Å². The van der Waals surface area contributed by atoms with Crippen LogP contribution in [-0.2, 0) is 11.2 Å². The highest BCUT2D eigenvalue weighted by Crippen LogP contribution is 2.27. The highest BCUT2D eigenvalue weighted by molar-refractivity contribution is 5.85. The average Bonchev–Trinajstić information content (AvgIpc) is 3.31. The predicted molar refractivity (Wildman–Crippen MR) is 81.5 cm³/mol. The van der Waals surface area contributed by atoms with E-state index >= 15 is 0 Å². The molecule has 0 radical (unpaired) electrons. The van der Waals surface area contributed by atoms with E-state index in [4.69, 9.17) is 0 Å². The van der Waals surface area contributed by atoms with Gasteiger partial charge in [-0.15, -0.1) is 0 Å². The smallest absolute Gasteiger partial charge is 0.317 e. The molecule has 1 saturated heterocycles. The molecule has 0 spiro atoms. The summed E-state index contributed by atoms with van der Waals surface area (Å²) in [6.07, 6.45) is 2.85. The van der Waals surface area contributed by atoms with Gasteiger partial charge in [-0.3, -0.25) is 4.79 Å². The molecule has 0 aromatic heterocycles. The van der Waals surface area contributed by atoms with Crippen molar-refractivity contribution in [3.8, 4) is 5.75 Å². The van der Waals surface area contributed by atoms with Crippen molar-refractivity contribution in [3.63, 3.8) is 0 Å². The van der Waals surface area contributed by atoms with E-state index in [1.54, 1.807) is 23.1 Å². The van der Waals surface area contributed by atoms with Crippen molar-refractivity contribution in [1.29, 1.82) is 0 Å². The molecule has 1 aliphatic carbocycles. The molecular weight excluding hydrogens is 282 g/mol. The van der Waals surface area contributed by atoms with Crippen LogP contribution in [0.4, 0.5) is 4.79 Å². The maximum Gasteiger partial charge on any atom is 0.317 e. The Morgan fingerprint density at radius 2 is 2.14 bits per heavy atom. The first-order valence-corrected chi connectivity index (χ1v) is 7.73. The number of piperazine rings is 1. The molecule has 2 fully saturated rings. The topological polar surface area (TPSA) is 72.9 Å². The number of nitrogens with zero attached hydrogens (tertiary/aromatic N) is 2. The maximum atomic E-state index is 12.1. The quantitative estimate of drug-likeness (QED) is 0.870. The summed E-state index contributed by atoms with van der Waals surface area (Å²) in [5.41, 5.74) is 0.968. The molecule has 1 aliphatic heterocycles. The zero-order valence-corrected chi connectivity index (χ0v) is 12.5. The van der Waals surface area contributed by atoms with Gasteiger partial charge in [0.15, 0.2) is 0 Å². The first-order valence-electron chi connectivity index (χ1n) is 7.73. The zero-order valence-electron chi connectivity index (χ0n) is 12.5. The molecule has 0 atom stereocenters. The van der Waals surface area contributed by atoms with Gasteiger partial charge < -0.3 is 20.2 Å². The summed E-state index contributed by atoms with van der Waals surface area (Å²) in [5.74, 6) is 0.280. The van der Waals surface area contributed by atoms with Crippen molar-refractivity contribution in [2.75, 3.05) is 26.2 Å². The number of phenolic OH excluding ortho intramolecular Hbond substituents is 1. The molecule has 1 heterocycles. The molecule has 6 nitrogen and oxygen atoms in total. The minimum absolute atomic E-state index is 0.0527. The van der Waals surface area contributed by atoms with Crippen LogP contribution in [0.5, 0.6) is 5.75 Å². The van der Waals surface area contributed by atoms with E-state index in [1.807, 2.05) is 11.0 Å². The lowest BCUT2D eigenvalue weighted by Crippen LogP contribution is -2.55. The lowest BCUT2D eigenvalue weighted by Gasteiger charge is -2.34. The third-order valence-corrected chi connectivity index (χ3v) is 4.13. The number of phenols is 1. The zero-order chi connectivity index (χ0) is 15.5. The summed E-state index contributed by atoms with van der Waals surface area (Å²) in [5, 5.41) is 12.2. The summed E-state index contributed by atoms with van der Waals surface area (Å²) in [4.78, 5) is 27.6. The van der Waals surface area contributed by atoms with Gasteiger partial charge in [0, 0.05) is 25.7 Å². The van der Waals surface area contributed by atoms with Crippen molar-refractivity contribution >= 4 is 11.9 Å². The molecule has 3 rings (SSSR count). The van der Waals surface area contributed by atoms with Crippen molar-refractivity contribution < 1.29 is 14.7 Å². The number of hydrogen-bond acceptors (Lipinski definition) is 3. The average molecular weight is 303 g/mol. The van der Waals surface area contributed by atoms with Crippen LogP contribution in [0.1, 0.15) is 18.4 Å². The van der Waals surface area contributed by atoms with Crippen LogP contribution >= 0.6 is 0 Å². The fourth-order valence-corrected chi connectivity index (χ4v) is 2.77. The molecule has 22 heavy (non-hydrogen) atoms. The van der Waals surface area contributed by atoms with Gasteiger partial charge in [0.05, 0.1) is 0 Å². The van der Waals surface area contributed by atoms with E-state index in [9.17, 15) is 14.7 Å². The Morgan fingerprint density at radius 3 is 2.82 bits per heavy atom. The molecule has 6 heteroatoms. The number of nitrogens with one attached hydrogen (secondary N) is 1. The number of hydrogen-bond donors (Lipinski definition) is 2. The highest BCUT2D eigenvalue weighted by atomic mass is 16.3. The largest absolute Gasteiger partial charge is 0.508 e. The van der Waals surface area contributed by atoms with Gasteiger partial charge in [-0.2, -0.15) is 0 Å². The van der Waals surface area contributed by atoms with Gasteiger partial charge in [0.2, 0.25) is 5.91 Å². The molecular formula is C16H21N3O3. The number of urea groups is 1. The Balaban J connectivity index is 1.43. The molecule has 0 unspecified atom stereocenters. The van der Waals surface area contributed by atoms with Crippen LogP contribution in [-0.4, -0.2) is 59.1 Å². The number of benzene rings is 1. The van der Waals surface area contributed by atoms with Crippen LogP contribution in [0.2, 0.25) is 0 Å². The third kappa shape index (κ3) is 3.50. The molecule has 2 aliphatic rings. The minimum atomic E-state index is -0.191. The van der Waals surface area contributed by atoms with Crippen LogP contribution in [0.3, 0.4) is 0 Å². The van der Waals surface area contributed by atoms with Crippen molar-refractivity contribution in [2.45, 2.75) is 25.3 Å². The molecule has 0 bridgehead atoms. The second-order valence-corrected chi connectivity index (χ2v) is 5.89. The maximum absolute atomic E-state index is 12.1. The number of carbonyl (C=O) groups is 2. The fraction of sp³-hybridized carbons (Fsp3) is 0.500. The lowest BCUT2D eigenvalue weighted by molar-refractivity contribution is -0.135. The summed E-state index contributed by atoms with van der Waals surface area (Å²) in [7, 11) is 0. The standard InChI is InChI=1S/C16H21N3O3/c20-14-3-1-2-12(10-14)6-7-17-16(22)18-8-9-19(13-4-5-13)15(21)11-18/h1-3,10,13,20H,4-9,11H2,(H,17,22). The fourth-order valence-electron chi connectivity index (χ4n) is 2.77. The van der Waals surface area contributed by atoms with E-state index in [-0.39, 0.29) is 24.2 Å². The lowest BCUT2D eigenvalue weighted by atomic mass is 10.1. The molecule has 1 aromatic rings. The van der Waals surface area contributed by atoms with Gasteiger partial charge in [-0.05, 0) is 37.0 Å². The SMILES string of the molecule is O=C(NCCc1cccc(O)c1)N1CCN(C2CC2)C(=O)C1. The van der Waals surface area contributed by atoms with Crippen molar-refractivity contribution in [1.82, 2.24) is 15.1 Å². The van der Waals surface area contributed by atoms with Gasteiger partial charge in [-0.25, -0.2) is 4.79 Å². The first kappa shape index (κ1) is 14.7. The first-order chi connectivity index (χ1) is 10.6. The Hall–Kier alpha value is -2.24. The van der Waals surface area contributed by atoms with Crippen LogP contribution in [0, 0.1) is 0 Å². The van der Waals surface area contributed by atoms with Crippen LogP contribution < -0.4 is 5.32 Å². The number of amides is 3. The molecule has 118 valence electrons. The summed E-state index contributed by atoms with van der Waals surface area (Å²) >= 11 is 0. The van der Waals surface area contributed by atoms with Crippen molar-refractivity contribution in [3.05, 3.63) is 29.8 Å². The second kappa shape index (κ2) is 6.25. The molecule has 2 N–H and O–H groups in total. The van der Waals surface area contributed by atoms with E-state index in [2.05, 4.69) is 5.32 Å². The summed E-state index contributed by atoms with van der Waals surface area (Å²) < 4.78 is 0. The van der Waals surface area contributed by atoms with Crippen LogP contribution in [0.25, 0.3) is 0 Å². The number of rotatable bonds is 4. The van der Waals surface area contributed by atoms with Crippen LogP contribution in [0.15, 0.2) is 24.3 Å². The minimum Gasteiger partial charge on any atom is -0.508 e. The Bertz CT molecular complexity index is 572.